The molecule has 0 aliphatic heterocycles. The number of amides is 1. The molecule has 1 aromatic heterocycles. The number of likely N-dealkylation sites (N-methyl/N-ethyl adjacent to an activating group) is 1. The summed E-state index contributed by atoms with van der Waals surface area (Å²) in [6, 6.07) is 20.2. The lowest BCUT2D eigenvalue weighted by molar-refractivity contribution is 0.0947. The van der Waals surface area contributed by atoms with E-state index in [0.717, 1.165) is 33.2 Å². The molecule has 0 fully saturated rings. The maximum atomic E-state index is 13.2. The van der Waals surface area contributed by atoms with Crippen molar-refractivity contribution in [1.82, 2.24) is 15.2 Å². The van der Waals surface area contributed by atoms with Crippen LogP contribution in [0.25, 0.3) is 22.0 Å². The molecule has 3 aromatic carbocycles. The molecule has 200 valence electrons. The van der Waals surface area contributed by atoms with Crippen LogP contribution in [0, 0.1) is 6.92 Å². The summed E-state index contributed by atoms with van der Waals surface area (Å²) in [5.74, 6) is -0.209. The van der Waals surface area contributed by atoms with Crippen molar-refractivity contribution in [1.29, 1.82) is 0 Å². The molecule has 8 heteroatoms. The van der Waals surface area contributed by atoms with Crippen LogP contribution in [0.3, 0.4) is 0 Å². The molecule has 4 aromatic rings. The molecule has 4 rings (SSSR count). The van der Waals surface area contributed by atoms with Gasteiger partial charge in [0.15, 0.2) is 0 Å². The van der Waals surface area contributed by atoms with E-state index in [1.165, 1.54) is 0 Å². The number of H-pyrrole nitrogens is 1. The van der Waals surface area contributed by atoms with Gasteiger partial charge in [-0.1, -0.05) is 62.7 Å². The van der Waals surface area contributed by atoms with Crippen molar-refractivity contribution in [3.63, 3.8) is 0 Å². The van der Waals surface area contributed by atoms with E-state index in [1.807, 2.05) is 62.3 Å². The second-order valence-electron chi connectivity index (χ2n) is 10.9. The summed E-state index contributed by atoms with van der Waals surface area (Å²) < 4.78 is 29.1. The van der Waals surface area contributed by atoms with Crippen LogP contribution in [0.4, 0.5) is 5.69 Å². The van der Waals surface area contributed by atoms with Gasteiger partial charge in [0.2, 0.25) is 0 Å². The summed E-state index contributed by atoms with van der Waals surface area (Å²) in [6.07, 6.45) is 0. The largest absolute Gasteiger partial charge is 0.350 e. The van der Waals surface area contributed by atoms with Gasteiger partial charge in [0, 0.05) is 35.2 Å². The zero-order chi connectivity index (χ0) is 27.7. The highest BCUT2D eigenvalue weighted by Gasteiger charge is 2.21. The van der Waals surface area contributed by atoms with Gasteiger partial charge in [-0.2, -0.15) is 0 Å². The number of aromatic nitrogens is 1. The third-order valence-corrected chi connectivity index (χ3v) is 7.89. The Balaban J connectivity index is 1.72. The molecule has 0 unspecified atom stereocenters. The minimum atomic E-state index is -3.80. The fourth-order valence-electron chi connectivity index (χ4n) is 4.28. The number of aromatic amines is 1. The van der Waals surface area contributed by atoms with E-state index in [9.17, 15) is 13.2 Å². The highest BCUT2D eigenvalue weighted by molar-refractivity contribution is 7.92. The van der Waals surface area contributed by atoms with Crippen molar-refractivity contribution in [2.75, 3.05) is 31.9 Å². The van der Waals surface area contributed by atoms with E-state index in [0.29, 0.717) is 24.5 Å². The van der Waals surface area contributed by atoms with Crippen LogP contribution in [0.2, 0.25) is 0 Å². The van der Waals surface area contributed by atoms with Gasteiger partial charge in [-0.3, -0.25) is 9.52 Å². The first-order valence-electron chi connectivity index (χ1n) is 12.6. The van der Waals surface area contributed by atoms with Gasteiger partial charge >= 0.3 is 0 Å². The number of sulfonamides is 1. The van der Waals surface area contributed by atoms with E-state index in [2.05, 4.69) is 35.8 Å². The van der Waals surface area contributed by atoms with E-state index >= 15 is 0 Å². The number of nitrogens with zero attached hydrogens (tertiary/aromatic N) is 1. The molecule has 0 spiro atoms. The van der Waals surface area contributed by atoms with Crippen LogP contribution in [-0.2, 0) is 15.4 Å². The lowest BCUT2D eigenvalue weighted by Crippen LogP contribution is -2.31. The highest BCUT2D eigenvalue weighted by Crippen LogP contribution is 2.35. The molecule has 0 atom stereocenters. The molecule has 0 bridgehead atoms. The maximum absolute atomic E-state index is 13.2. The second-order valence-corrected chi connectivity index (χ2v) is 12.6. The fourth-order valence-corrected chi connectivity index (χ4v) is 5.32. The average Bonchev–Trinajstić information content (AvgIpc) is 3.22. The Kier molecular flexibility index (Phi) is 7.67. The van der Waals surface area contributed by atoms with Crippen molar-refractivity contribution < 1.29 is 13.2 Å². The van der Waals surface area contributed by atoms with Crippen molar-refractivity contribution >= 4 is 32.5 Å². The third-order valence-electron chi connectivity index (χ3n) is 6.49. The first-order chi connectivity index (χ1) is 17.8. The molecule has 0 aliphatic rings. The van der Waals surface area contributed by atoms with Crippen LogP contribution in [0.1, 0.15) is 42.4 Å². The summed E-state index contributed by atoms with van der Waals surface area (Å²) in [4.78, 5) is 18.6. The number of benzene rings is 3. The van der Waals surface area contributed by atoms with Crippen molar-refractivity contribution in [2.24, 2.45) is 0 Å². The topological polar surface area (TPSA) is 94.3 Å². The Labute approximate surface area is 225 Å². The summed E-state index contributed by atoms with van der Waals surface area (Å²) in [7, 11) is 0.104. The molecular weight excluding hydrogens is 496 g/mol. The van der Waals surface area contributed by atoms with E-state index in [1.54, 1.807) is 30.3 Å². The second kappa shape index (κ2) is 10.6. The highest BCUT2D eigenvalue weighted by atomic mass is 32.2. The standard InChI is InChI=1S/C30H36N4O3S/c1-20-7-9-21(10-8-20)27-25-19-23(13-16-26(25)32-28(27)29(35)31-17-18-34(5)6)33-38(36,37)24-14-11-22(12-15-24)30(2,3)4/h7-16,19,32-33H,17-18H2,1-6H3,(H,31,35). The predicted octanol–water partition coefficient (Wildman–Crippen LogP) is 5.53. The number of rotatable bonds is 8. The fraction of sp³-hybridized carbons (Fsp3) is 0.300. The van der Waals surface area contributed by atoms with Gasteiger partial charge in [0.25, 0.3) is 15.9 Å². The van der Waals surface area contributed by atoms with Gasteiger partial charge in [0.1, 0.15) is 5.69 Å². The quantitative estimate of drug-likeness (QED) is 0.278. The van der Waals surface area contributed by atoms with E-state index in [4.69, 9.17) is 0 Å². The molecule has 0 aliphatic carbocycles. The summed E-state index contributed by atoms with van der Waals surface area (Å²) in [6.45, 7) is 9.49. The van der Waals surface area contributed by atoms with Crippen LogP contribution in [0.5, 0.6) is 0 Å². The van der Waals surface area contributed by atoms with E-state index in [-0.39, 0.29) is 16.2 Å². The zero-order valence-corrected chi connectivity index (χ0v) is 23.7. The van der Waals surface area contributed by atoms with Crippen molar-refractivity contribution in [3.8, 4) is 11.1 Å². The number of anilines is 1. The molecule has 3 N–H and O–H groups in total. The minimum absolute atomic E-state index is 0.0715. The Morgan fingerprint density at radius 3 is 2.21 bits per heavy atom. The van der Waals surface area contributed by atoms with Crippen LogP contribution in [0.15, 0.2) is 71.6 Å². The Hall–Kier alpha value is -3.62. The number of fused-ring (bicyclic) bond motifs is 1. The molecule has 0 saturated carbocycles. The molecule has 1 heterocycles. The lowest BCUT2D eigenvalue weighted by Gasteiger charge is -2.19. The predicted molar refractivity (Wildman–Crippen MR) is 155 cm³/mol. The molecule has 38 heavy (non-hydrogen) atoms. The molecule has 1 amide bonds. The lowest BCUT2D eigenvalue weighted by atomic mass is 9.87. The smallest absolute Gasteiger partial charge is 0.268 e. The van der Waals surface area contributed by atoms with Gasteiger partial charge in [-0.05, 0) is 67.9 Å². The first-order valence-corrected chi connectivity index (χ1v) is 14.1. The summed E-state index contributed by atoms with van der Waals surface area (Å²) >= 11 is 0. The van der Waals surface area contributed by atoms with Gasteiger partial charge in [-0.25, -0.2) is 8.42 Å². The summed E-state index contributed by atoms with van der Waals surface area (Å²) in [5, 5.41) is 3.74. The number of aryl methyl sites for hydroxylation is 1. The third kappa shape index (κ3) is 6.09. The number of hydrogen-bond acceptors (Lipinski definition) is 4. The average molecular weight is 533 g/mol. The Morgan fingerprint density at radius 2 is 1.61 bits per heavy atom. The van der Waals surface area contributed by atoms with Crippen molar-refractivity contribution in [3.05, 3.63) is 83.6 Å². The van der Waals surface area contributed by atoms with Gasteiger partial charge in [0.05, 0.1) is 4.90 Å². The number of hydrogen-bond donors (Lipinski definition) is 3. The Bertz CT molecular complexity index is 1550. The minimum Gasteiger partial charge on any atom is -0.350 e. The number of nitrogens with one attached hydrogen (secondary N) is 3. The summed E-state index contributed by atoms with van der Waals surface area (Å²) in [5.41, 5.74) is 5.31. The molecule has 7 nitrogen and oxygen atoms in total. The zero-order valence-electron chi connectivity index (χ0n) is 22.8. The molecular formula is C30H36N4O3S. The molecule has 0 saturated heterocycles. The molecule has 0 radical (unpaired) electrons. The number of carbonyl (C=O) groups is 1. The normalized spacial score (nSPS) is 12.2. The Morgan fingerprint density at radius 1 is 0.947 bits per heavy atom. The van der Waals surface area contributed by atoms with Crippen LogP contribution < -0.4 is 10.0 Å². The monoisotopic (exact) mass is 532 g/mol. The van der Waals surface area contributed by atoms with Crippen LogP contribution in [-0.4, -0.2) is 51.4 Å². The van der Waals surface area contributed by atoms with Gasteiger partial charge < -0.3 is 15.2 Å². The van der Waals surface area contributed by atoms with Crippen LogP contribution >= 0.6 is 0 Å². The van der Waals surface area contributed by atoms with Crippen molar-refractivity contribution in [2.45, 2.75) is 38.0 Å². The van der Waals surface area contributed by atoms with E-state index < -0.39 is 10.0 Å². The SMILES string of the molecule is Cc1ccc(-c2c(C(=O)NCCN(C)C)[nH]c3ccc(NS(=O)(=O)c4ccc(C(C)(C)C)cc4)cc23)cc1. The first kappa shape index (κ1) is 27.4. The number of carbonyl (C=O) groups excluding carboxylic acids is 1. The van der Waals surface area contributed by atoms with Gasteiger partial charge in [-0.15, -0.1) is 0 Å². The maximum Gasteiger partial charge on any atom is 0.268 e.